The lowest BCUT2D eigenvalue weighted by atomic mass is 10.00. The van der Waals surface area contributed by atoms with E-state index < -0.39 is 0 Å². The number of hydrogen-bond acceptors (Lipinski definition) is 3. The Bertz CT molecular complexity index is 404. The fourth-order valence-corrected chi connectivity index (χ4v) is 1.77. The molecule has 108 valence electrons. The molecule has 1 rings (SSSR count). The highest BCUT2D eigenvalue weighted by Crippen LogP contribution is 2.26. The van der Waals surface area contributed by atoms with Crippen molar-refractivity contribution in [3.63, 3.8) is 0 Å². The summed E-state index contributed by atoms with van der Waals surface area (Å²) >= 11 is 0. The highest BCUT2D eigenvalue weighted by Gasteiger charge is 2.25. The second-order valence-corrected chi connectivity index (χ2v) is 5.51. The summed E-state index contributed by atoms with van der Waals surface area (Å²) in [5, 5.41) is 3.22. The van der Waals surface area contributed by atoms with Gasteiger partial charge in [-0.3, -0.25) is 0 Å². The van der Waals surface area contributed by atoms with Crippen molar-refractivity contribution in [2.45, 2.75) is 52.6 Å². The van der Waals surface area contributed by atoms with E-state index in [9.17, 15) is 4.39 Å². The largest absolute Gasteiger partial charge is 0.352 e. The second-order valence-electron chi connectivity index (χ2n) is 5.51. The van der Waals surface area contributed by atoms with Crippen LogP contribution in [0.3, 0.4) is 0 Å². The van der Waals surface area contributed by atoms with Crippen molar-refractivity contribution in [1.82, 2.24) is 10.3 Å². The molecule has 0 aliphatic rings. The number of halogens is 1. The van der Waals surface area contributed by atoms with Crippen LogP contribution in [0, 0.1) is 5.82 Å². The zero-order valence-corrected chi connectivity index (χ0v) is 12.8. The topological polar surface area (TPSA) is 28.2 Å². The maximum atomic E-state index is 14.5. The summed E-state index contributed by atoms with van der Waals surface area (Å²) in [6.07, 6.45) is 3.66. The lowest BCUT2D eigenvalue weighted by Gasteiger charge is -2.36. The third-order valence-electron chi connectivity index (χ3n) is 3.78. The molecule has 3 nitrogen and oxygen atoms in total. The van der Waals surface area contributed by atoms with Gasteiger partial charge in [-0.25, -0.2) is 9.37 Å². The minimum absolute atomic E-state index is 0.108. The molecule has 0 bridgehead atoms. The predicted octanol–water partition coefficient (Wildman–Crippen LogP) is 3.35. The van der Waals surface area contributed by atoms with E-state index in [1.54, 1.807) is 12.3 Å². The molecule has 4 heteroatoms. The van der Waals surface area contributed by atoms with Gasteiger partial charge in [0.25, 0.3) is 0 Å². The summed E-state index contributed by atoms with van der Waals surface area (Å²) in [5.74, 6) is 0.220. The Balaban J connectivity index is 2.94. The molecular weight excluding hydrogens is 241 g/mol. The van der Waals surface area contributed by atoms with Crippen LogP contribution < -0.4 is 10.2 Å². The van der Waals surface area contributed by atoms with E-state index in [1.807, 2.05) is 11.9 Å². The van der Waals surface area contributed by atoms with Crippen molar-refractivity contribution in [3.8, 4) is 0 Å². The number of aromatic nitrogens is 1. The molecule has 0 fully saturated rings. The molecule has 0 saturated carbocycles. The third kappa shape index (κ3) is 3.90. The summed E-state index contributed by atoms with van der Waals surface area (Å²) in [6.45, 7) is 9.83. The lowest BCUT2D eigenvalue weighted by Crippen LogP contribution is -2.41. The lowest BCUT2D eigenvalue weighted by molar-refractivity contribution is 0.456. The molecule has 0 aliphatic heterocycles. The first-order valence-electron chi connectivity index (χ1n) is 7.02. The fourth-order valence-electron chi connectivity index (χ4n) is 1.77. The Labute approximate surface area is 116 Å². The van der Waals surface area contributed by atoms with Crippen molar-refractivity contribution >= 4 is 5.82 Å². The van der Waals surface area contributed by atoms with Gasteiger partial charge in [-0.2, -0.15) is 0 Å². The Morgan fingerprint density at radius 1 is 1.37 bits per heavy atom. The Morgan fingerprint density at radius 3 is 2.63 bits per heavy atom. The number of nitrogens with one attached hydrogen (secondary N) is 1. The van der Waals surface area contributed by atoms with Crippen LogP contribution in [0.5, 0.6) is 0 Å². The summed E-state index contributed by atoms with van der Waals surface area (Å²) in [5.41, 5.74) is 0.570. The van der Waals surface area contributed by atoms with Gasteiger partial charge in [0.2, 0.25) is 0 Å². The maximum Gasteiger partial charge on any atom is 0.170 e. The number of nitrogens with zero attached hydrogens (tertiary/aromatic N) is 2. The molecule has 1 heterocycles. The zero-order valence-electron chi connectivity index (χ0n) is 12.8. The van der Waals surface area contributed by atoms with Gasteiger partial charge in [-0.1, -0.05) is 13.8 Å². The molecule has 0 spiro atoms. The summed E-state index contributed by atoms with van der Waals surface area (Å²) in [7, 11) is 1.90. The van der Waals surface area contributed by atoms with E-state index in [4.69, 9.17) is 0 Å². The smallest absolute Gasteiger partial charge is 0.170 e. The molecule has 0 unspecified atom stereocenters. The first-order chi connectivity index (χ1) is 8.94. The van der Waals surface area contributed by atoms with Crippen molar-refractivity contribution < 1.29 is 4.39 Å². The summed E-state index contributed by atoms with van der Waals surface area (Å²) in [6, 6.07) is 1.74. The van der Waals surface area contributed by atoms with E-state index in [1.165, 1.54) is 0 Å². The van der Waals surface area contributed by atoms with E-state index in [0.29, 0.717) is 17.9 Å². The molecular formula is C15H26FN3. The Kier molecular flexibility index (Phi) is 5.73. The minimum atomic E-state index is -0.213. The summed E-state index contributed by atoms with van der Waals surface area (Å²) < 4.78 is 14.5. The van der Waals surface area contributed by atoms with E-state index in [0.717, 1.165) is 19.4 Å². The van der Waals surface area contributed by atoms with Gasteiger partial charge >= 0.3 is 0 Å². The van der Waals surface area contributed by atoms with Gasteiger partial charge in [-0.05, 0) is 39.3 Å². The van der Waals surface area contributed by atoms with Gasteiger partial charge < -0.3 is 10.2 Å². The molecule has 0 aliphatic carbocycles. The predicted molar refractivity (Wildman–Crippen MR) is 79.0 cm³/mol. The van der Waals surface area contributed by atoms with Crippen molar-refractivity contribution in [2.24, 2.45) is 0 Å². The van der Waals surface area contributed by atoms with E-state index in [-0.39, 0.29) is 11.4 Å². The second kappa shape index (κ2) is 6.85. The summed E-state index contributed by atoms with van der Waals surface area (Å²) in [4.78, 5) is 6.13. The van der Waals surface area contributed by atoms with Crippen LogP contribution >= 0.6 is 0 Å². The van der Waals surface area contributed by atoms with Crippen LogP contribution in [0.4, 0.5) is 10.2 Å². The number of pyridine rings is 1. The normalized spacial score (nSPS) is 11.7. The van der Waals surface area contributed by atoms with Crippen molar-refractivity contribution in [2.75, 3.05) is 18.5 Å². The molecule has 0 saturated heterocycles. The van der Waals surface area contributed by atoms with Gasteiger partial charge in [0.1, 0.15) is 0 Å². The minimum Gasteiger partial charge on any atom is -0.352 e. The van der Waals surface area contributed by atoms with E-state index in [2.05, 4.69) is 38.0 Å². The average molecular weight is 267 g/mol. The number of hydrogen-bond donors (Lipinski definition) is 1. The van der Waals surface area contributed by atoms with Gasteiger partial charge in [0, 0.05) is 30.9 Å². The molecule has 0 atom stereocenters. The molecule has 0 radical (unpaired) electrons. The molecule has 1 N–H and O–H groups in total. The van der Waals surface area contributed by atoms with Crippen LogP contribution in [-0.2, 0) is 6.54 Å². The van der Waals surface area contributed by atoms with Crippen molar-refractivity contribution in [1.29, 1.82) is 0 Å². The van der Waals surface area contributed by atoms with Gasteiger partial charge in [0.15, 0.2) is 11.6 Å². The number of rotatable bonds is 7. The monoisotopic (exact) mass is 267 g/mol. The zero-order chi connectivity index (χ0) is 14.5. The van der Waals surface area contributed by atoms with Crippen LogP contribution in [0.15, 0.2) is 12.3 Å². The molecule has 1 aromatic rings. The van der Waals surface area contributed by atoms with E-state index >= 15 is 0 Å². The Hall–Kier alpha value is -1.16. The highest BCUT2D eigenvalue weighted by molar-refractivity contribution is 5.44. The number of anilines is 1. The SMILES string of the molecule is CCCNCc1ccnc(N(C)C(C)(C)CC)c1F. The molecule has 0 amide bonds. The van der Waals surface area contributed by atoms with Crippen LogP contribution in [0.25, 0.3) is 0 Å². The van der Waals surface area contributed by atoms with Crippen molar-refractivity contribution in [3.05, 3.63) is 23.6 Å². The van der Waals surface area contributed by atoms with Gasteiger partial charge in [-0.15, -0.1) is 0 Å². The fraction of sp³-hybridized carbons (Fsp3) is 0.667. The van der Waals surface area contributed by atoms with Crippen LogP contribution in [0.1, 0.15) is 46.1 Å². The molecule has 19 heavy (non-hydrogen) atoms. The molecule has 0 aromatic carbocycles. The first kappa shape index (κ1) is 15.9. The first-order valence-corrected chi connectivity index (χ1v) is 7.02. The highest BCUT2D eigenvalue weighted by atomic mass is 19.1. The standard InChI is InChI=1S/C15H26FN3/c1-6-9-17-11-12-8-10-18-14(13(12)16)19(5)15(3,4)7-2/h8,10,17H,6-7,9,11H2,1-5H3. The van der Waals surface area contributed by atoms with Gasteiger partial charge in [0.05, 0.1) is 0 Å². The molecule has 1 aromatic heterocycles. The third-order valence-corrected chi connectivity index (χ3v) is 3.78. The van der Waals surface area contributed by atoms with Crippen LogP contribution in [0.2, 0.25) is 0 Å². The maximum absolute atomic E-state index is 14.5. The Morgan fingerprint density at radius 2 is 2.05 bits per heavy atom. The quantitative estimate of drug-likeness (QED) is 0.768. The average Bonchev–Trinajstić information content (AvgIpc) is 2.40. The van der Waals surface area contributed by atoms with Crippen LogP contribution in [-0.4, -0.2) is 24.1 Å².